The summed E-state index contributed by atoms with van der Waals surface area (Å²) in [4.78, 5) is 25.9. The van der Waals surface area contributed by atoms with E-state index in [1.54, 1.807) is 12.3 Å². The molecule has 2 fully saturated rings. The molecule has 0 bridgehead atoms. The van der Waals surface area contributed by atoms with Gasteiger partial charge >= 0.3 is 0 Å². The third-order valence-electron chi connectivity index (χ3n) is 5.64. The fourth-order valence-electron chi connectivity index (χ4n) is 3.90. The maximum Gasteiger partial charge on any atom is 0.227 e. The lowest BCUT2D eigenvalue weighted by Crippen LogP contribution is -2.52. The lowest BCUT2D eigenvalue weighted by Gasteiger charge is -2.37. The summed E-state index contributed by atoms with van der Waals surface area (Å²) in [6, 6.07) is 7.29. The summed E-state index contributed by atoms with van der Waals surface area (Å²) < 4.78 is 0. The van der Waals surface area contributed by atoms with Crippen molar-refractivity contribution in [3.8, 4) is 0 Å². The van der Waals surface area contributed by atoms with E-state index < -0.39 is 0 Å². The number of hydrogen-bond donors (Lipinski definition) is 2. The van der Waals surface area contributed by atoms with Crippen molar-refractivity contribution in [1.29, 1.82) is 0 Å². The average Bonchev–Trinajstić information content (AvgIpc) is 2.79. The standard InChI is InChI=1S/C21H26Cl2N6O/c22-17-4-3-15(18(23)12-17)14-26-19-5-7-25-21(27-19)29-10-8-28(9-11-29)20(30)16-2-1-6-24-13-16/h3-5,7,12,16,24H,1-2,6,8-11,13-14H2,(H,25,26,27). The minimum Gasteiger partial charge on any atom is -0.366 e. The van der Waals surface area contributed by atoms with Crippen LogP contribution in [0.2, 0.25) is 10.0 Å². The molecule has 7 nitrogen and oxygen atoms in total. The van der Waals surface area contributed by atoms with Gasteiger partial charge in [-0.3, -0.25) is 4.79 Å². The highest BCUT2D eigenvalue weighted by Crippen LogP contribution is 2.22. The van der Waals surface area contributed by atoms with Crippen molar-refractivity contribution in [2.45, 2.75) is 19.4 Å². The molecule has 1 atom stereocenters. The number of amides is 1. The Hall–Kier alpha value is -2.09. The van der Waals surface area contributed by atoms with Crippen LogP contribution in [0.25, 0.3) is 0 Å². The Balaban J connectivity index is 1.32. The largest absolute Gasteiger partial charge is 0.366 e. The first-order valence-corrected chi connectivity index (χ1v) is 11.1. The molecule has 0 saturated carbocycles. The van der Waals surface area contributed by atoms with Crippen LogP contribution in [0.3, 0.4) is 0 Å². The number of aromatic nitrogens is 2. The number of nitrogens with zero attached hydrogens (tertiary/aromatic N) is 4. The second-order valence-electron chi connectivity index (χ2n) is 7.69. The number of benzene rings is 1. The van der Waals surface area contributed by atoms with E-state index in [0.717, 1.165) is 50.4 Å². The van der Waals surface area contributed by atoms with Crippen molar-refractivity contribution in [3.63, 3.8) is 0 Å². The molecule has 0 aliphatic carbocycles. The van der Waals surface area contributed by atoms with Gasteiger partial charge in [-0.2, -0.15) is 4.98 Å². The Morgan fingerprint density at radius 2 is 2.03 bits per heavy atom. The molecular weight excluding hydrogens is 423 g/mol. The van der Waals surface area contributed by atoms with Crippen molar-refractivity contribution < 1.29 is 4.79 Å². The van der Waals surface area contributed by atoms with Crippen LogP contribution in [-0.2, 0) is 11.3 Å². The van der Waals surface area contributed by atoms with Gasteiger partial charge in [-0.15, -0.1) is 0 Å². The number of anilines is 2. The molecule has 160 valence electrons. The second kappa shape index (κ2) is 9.81. The number of piperidine rings is 1. The zero-order valence-corrected chi connectivity index (χ0v) is 18.3. The fourth-order valence-corrected chi connectivity index (χ4v) is 4.37. The van der Waals surface area contributed by atoms with Crippen molar-refractivity contribution in [2.24, 2.45) is 5.92 Å². The molecule has 1 aromatic carbocycles. The number of carbonyl (C=O) groups excluding carboxylic acids is 1. The maximum atomic E-state index is 12.7. The lowest BCUT2D eigenvalue weighted by molar-refractivity contribution is -0.136. The summed E-state index contributed by atoms with van der Waals surface area (Å²) in [7, 11) is 0. The van der Waals surface area contributed by atoms with Gasteiger partial charge < -0.3 is 20.4 Å². The summed E-state index contributed by atoms with van der Waals surface area (Å²) in [6.45, 7) is 5.24. The third kappa shape index (κ3) is 5.14. The first kappa shape index (κ1) is 21.2. The monoisotopic (exact) mass is 448 g/mol. The summed E-state index contributed by atoms with van der Waals surface area (Å²) >= 11 is 12.2. The lowest BCUT2D eigenvalue weighted by atomic mass is 9.98. The number of piperazine rings is 1. The molecule has 2 aromatic rings. The van der Waals surface area contributed by atoms with Gasteiger partial charge in [-0.25, -0.2) is 4.98 Å². The van der Waals surface area contributed by atoms with Crippen LogP contribution in [-0.4, -0.2) is 60.0 Å². The number of hydrogen-bond acceptors (Lipinski definition) is 6. The Morgan fingerprint density at radius 1 is 1.20 bits per heavy atom. The van der Waals surface area contributed by atoms with Gasteiger partial charge in [-0.05, 0) is 43.1 Å². The molecule has 4 rings (SSSR count). The van der Waals surface area contributed by atoms with Gasteiger partial charge in [0.15, 0.2) is 0 Å². The fraction of sp³-hybridized carbons (Fsp3) is 0.476. The van der Waals surface area contributed by atoms with E-state index in [1.807, 2.05) is 23.1 Å². The minimum absolute atomic E-state index is 0.119. The van der Waals surface area contributed by atoms with Crippen LogP contribution < -0.4 is 15.5 Å². The van der Waals surface area contributed by atoms with E-state index in [9.17, 15) is 4.79 Å². The summed E-state index contributed by atoms with van der Waals surface area (Å²) in [5.41, 5.74) is 0.950. The molecular formula is C21H26Cl2N6O. The molecule has 3 heterocycles. The number of nitrogens with one attached hydrogen (secondary N) is 2. The van der Waals surface area contributed by atoms with Gasteiger partial charge in [0.2, 0.25) is 11.9 Å². The van der Waals surface area contributed by atoms with Crippen molar-refractivity contribution in [3.05, 3.63) is 46.1 Å². The van der Waals surface area contributed by atoms with E-state index in [-0.39, 0.29) is 11.8 Å². The Labute approximate surface area is 186 Å². The van der Waals surface area contributed by atoms with Crippen molar-refractivity contribution in [2.75, 3.05) is 49.5 Å². The predicted molar refractivity (Wildman–Crippen MR) is 120 cm³/mol. The third-order valence-corrected chi connectivity index (χ3v) is 6.23. The van der Waals surface area contributed by atoms with Crippen LogP contribution in [0.1, 0.15) is 18.4 Å². The molecule has 30 heavy (non-hydrogen) atoms. The number of halogens is 2. The molecule has 2 N–H and O–H groups in total. The van der Waals surface area contributed by atoms with E-state index in [0.29, 0.717) is 35.6 Å². The van der Waals surface area contributed by atoms with Crippen LogP contribution in [0.5, 0.6) is 0 Å². The molecule has 0 spiro atoms. The normalized spacial score (nSPS) is 19.6. The summed E-state index contributed by atoms with van der Waals surface area (Å²) in [6.07, 6.45) is 3.81. The highest BCUT2D eigenvalue weighted by molar-refractivity contribution is 6.35. The van der Waals surface area contributed by atoms with E-state index in [2.05, 4.69) is 25.5 Å². The van der Waals surface area contributed by atoms with Gasteiger partial charge in [-0.1, -0.05) is 29.3 Å². The quantitative estimate of drug-likeness (QED) is 0.731. The topological polar surface area (TPSA) is 73.4 Å². The van der Waals surface area contributed by atoms with Crippen LogP contribution >= 0.6 is 23.2 Å². The van der Waals surface area contributed by atoms with E-state index >= 15 is 0 Å². The number of rotatable bonds is 5. The molecule has 9 heteroatoms. The molecule has 2 aliphatic rings. The molecule has 0 radical (unpaired) electrons. The highest BCUT2D eigenvalue weighted by Gasteiger charge is 2.29. The smallest absolute Gasteiger partial charge is 0.227 e. The predicted octanol–water partition coefficient (Wildman–Crippen LogP) is 3.04. The molecule has 2 saturated heterocycles. The summed E-state index contributed by atoms with van der Waals surface area (Å²) in [5, 5.41) is 7.86. The van der Waals surface area contributed by atoms with Crippen molar-refractivity contribution in [1.82, 2.24) is 20.2 Å². The minimum atomic E-state index is 0.119. The van der Waals surface area contributed by atoms with Gasteiger partial charge in [0.1, 0.15) is 5.82 Å². The zero-order valence-electron chi connectivity index (χ0n) is 16.8. The Morgan fingerprint density at radius 3 is 2.77 bits per heavy atom. The molecule has 1 amide bonds. The first-order valence-electron chi connectivity index (χ1n) is 10.4. The second-order valence-corrected chi connectivity index (χ2v) is 8.53. The maximum absolute atomic E-state index is 12.7. The number of carbonyl (C=O) groups is 1. The van der Waals surface area contributed by atoms with E-state index in [4.69, 9.17) is 23.2 Å². The van der Waals surface area contributed by atoms with Gasteiger partial charge in [0.25, 0.3) is 0 Å². The van der Waals surface area contributed by atoms with Gasteiger partial charge in [0.05, 0.1) is 5.92 Å². The van der Waals surface area contributed by atoms with Crippen LogP contribution in [0.15, 0.2) is 30.5 Å². The first-order chi connectivity index (χ1) is 14.6. The Bertz CT molecular complexity index is 882. The van der Waals surface area contributed by atoms with Crippen molar-refractivity contribution >= 4 is 40.9 Å². The van der Waals surface area contributed by atoms with Crippen LogP contribution in [0, 0.1) is 5.92 Å². The highest BCUT2D eigenvalue weighted by atomic mass is 35.5. The molecule has 2 aliphatic heterocycles. The summed E-state index contributed by atoms with van der Waals surface area (Å²) in [5.74, 6) is 1.80. The van der Waals surface area contributed by atoms with Crippen LogP contribution in [0.4, 0.5) is 11.8 Å². The molecule has 1 unspecified atom stereocenters. The van der Waals surface area contributed by atoms with Gasteiger partial charge in [0, 0.05) is 55.5 Å². The van der Waals surface area contributed by atoms with E-state index in [1.165, 1.54) is 0 Å². The SMILES string of the molecule is O=C(C1CCCNC1)N1CCN(c2nccc(NCc3ccc(Cl)cc3Cl)n2)CC1. The Kier molecular flexibility index (Phi) is 6.92. The average molecular weight is 449 g/mol. The zero-order chi connectivity index (χ0) is 20.9. The molecule has 1 aromatic heterocycles.